The van der Waals surface area contributed by atoms with Gasteiger partial charge in [0.15, 0.2) is 0 Å². The average Bonchev–Trinajstić information content (AvgIpc) is 1.61. The van der Waals surface area contributed by atoms with E-state index < -0.39 is 181 Å². The van der Waals surface area contributed by atoms with Crippen LogP contribution in [-0.2, 0) is 90.1 Å². The van der Waals surface area contributed by atoms with Crippen LogP contribution in [0, 0.1) is 0 Å². The molecule has 0 spiro atoms. The molecule has 45 heteroatoms. The number of amides is 3. The maximum absolute atomic E-state index is 13.5. The summed E-state index contributed by atoms with van der Waals surface area (Å²) in [5.41, 5.74) is 4.09. The van der Waals surface area contributed by atoms with Gasteiger partial charge < -0.3 is 199 Å². The molecule has 0 bridgehead atoms. The van der Waals surface area contributed by atoms with Crippen molar-refractivity contribution in [2.45, 2.75) is 116 Å². The number of aliphatic hydroxyl groups is 20. The topological polar surface area (TPSA) is 655 Å². The number of rotatable bonds is 84. The van der Waals surface area contributed by atoms with Gasteiger partial charge in [0.25, 0.3) is 0 Å². The van der Waals surface area contributed by atoms with Crippen LogP contribution in [0.25, 0.3) is 11.1 Å². The van der Waals surface area contributed by atoms with Crippen molar-refractivity contribution in [2.75, 3.05) is 297 Å². The minimum atomic E-state index is -1.91. The molecule has 23 N–H and O–H groups in total. The second-order valence-electron chi connectivity index (χ2n) is 28.4. The van der Waals surface area contributed by atoms with Gasteiger partial charge in [0.2, 0.25) is 11.8 Å². The predicted octanol–water partition coefficient (Wildman–Crippen LogP) is -10.9. The molecule has 1 aliphatic rings. The highest BCUT2D eigenvalue weighted by atomic mass is 16.6. The minimum Gasteiger partial charge on any atom is -0.449 e. The summed E-state index contributed by atoms with van der Waals surface area (Å²) in [6.07, 6.45) is -30.4. The van der Waals surface area contributed by atoms with E-state index in [1.165, 1.54) is 9.80 Å². The second kappa shape index (κ2) is 71.9. The van der Waals surface area contributed by atoms with Gasteiger partial charge in [-0.15, -0.1) is 0 Å². The third kappa shape index (κ3) is 49.8. The highest BCUT2D eigenvalue weighted by Gasteiger charge is 2.38. The Morgan fingerprint density at radius 3 is 0.782 bits per heavy atom. The lowest BCUT2D eigenvalue weighted by atomic mass is 9.98. The smallest absolute Gasteiger partial charge is 0.407 e. The van der Waals surface area contributed by atoms with E-state index in [1.807, 2.05) is 48.5 Å². The van der Waals surface area contributed by atoms with E-state index in [-0.39, 0.29) is 144 Å². The van der Waals surface area contributed by atoms with Gasteiger partial charge in [-0.25, -0.2) is 4.79 Å². The van der Waals surface area contributed by atoms with Crippen LogP contribution in [0.4, 0.5) is 4.79 Å². The van der Waals surface area contributed by atoms with Crippen LogP contribution in [-0.4, -0.2) is 530 Å². The molecule has 0 aromatic heterocycles. The summed E-state index contributed by atoms with van der Waals surface area (Å²) in [5.74, 6) is -1.39. The first-order chi connectivity index (χ1) is 59.9. The number of benzene rings is 2. The number of fused-ring (bicyclic) bond motifs is 3. The SMILES string of the molecule is O=C(C[C@H](NC(=O)OCC1c2ccccc2-c2ccccc21)C(=O)NCCOCCOCCOCCOCCOCCOCCOCCOCCN(C[C@H](O)[C@@H](O)[C@H](O)[C@H](O)CO)C[C@H](O)[C@@H](O)[C@H](O)[C@H](O)CO)NCCOCCOCCOCCOCCOCCOCCOCCOCCN(C[C@H](O)[C@@H](O)[C@H](O)[C@H](O)CO)C[C@H](O)[C@@H](O)[C@H](O)[C@H](O)CO. The highest BCUT2D eigenvalue weighted by Crippen LogP contribution is 2.44. The molecule has 722 valence electrons. The lowest BCUT2D eigenvalue weighted by molar-refractivity contribution is -0.131. The summed E-state index contributed by atoms with van der Waals surface area (Å²) in [5, 5.41) is 206. The molecule has 45 nitrogen and oxygen atoms in total. The summed E-state index contributed by atoms with van der Waals surface area (Å²) in [6, 6.07) is 14.4. The zero-order chi connectivity index (χ0) is 90.9. The van der Waals surface area contributed by atoms with Gasteiger partial charge in [-0.3, -0.25) is 19.4 Å². The molecule has 0 fully saturated rings. The van der Waals surface area contributed by atoms with Crippen LogP contribution in [0.1, 0.15) is 23.5 Å². The molecule has 1 aliphatic carbocycles. The maximum atomic E-state index is 13.5. The molecular formula is C79H141N5O40. The van der Waals surface area contributed by atoms with Crippen LogP contribution in [0.15, 0.2) is 48.5 Å². The third-order valence-corrected chi connectivity index (χ3v) is 18.9. The number of aliphatic hydroxyl groups excluding tert-OH is 20. The first-order valence-electron chi connectivity index (χ1n) is 41.6. The molecule has 2 aromatic carbocycles. The molecule has 2 aromatic rings. The van der Waals surface area contributed by atoms with E-state index in [9.17, 15) is 96.1 Å². The van der Waals surface area contributed by atoms with Gasteiger partial charge in [-0.05, 0) is 22.3 Å². The van der Waals surface area contributed by atoms with Crippen molar-refractivity contribution in [1.82, 2.24) is 25.8 Å². The van der Waals surface area contributed by atoms with E-state index in [0.717, 1.165) is 22.3 Å². The molecule has 0 saturated carbocycles. The Morgan fingerprint density at radius 1 is 0.298 bits per heavy atom. The molecule has 0 saturated heterocycles. The number of nitrogens with one attached hydrogen (secondary N) is 3. The Bertz CT molecular complexity index is 2820. The largest absolute Gasteiger partial charge is 0.449 e. The van der Waals surface area contributed by atoms with Gasteiger partial charge in [0.05, 0.1) is 269 Å². The molecule has 3 amide bonds. The van der Waals surface area contributed by atoms with Crippen LogP contribution < -0.4 is 16.0 Å². The Morgan fingerprint density at radius 2 is 0.524 bits per heavy atom. The number of nitrogens with zero attached hydrogens (tertiary/aromatic N) is 2. The van der Waals surface area contributed by atoms with Crippen molar-refractivity contribution in [1.29, 1.82) is 0 Å². The Labute approximate surface area is 721 Å². The van der Waals surface area contributed by atoms with Gasteiger partial charge in [0.1, 0.15) is 85.9 Å². The van der Waals surface area contributed by atoms with Crippen LogP contribution in [0.2, 0.25) is 0 Å². The quantitative estimate of drug-likeness (QED) is 0.0274. The van der Waals surface area contributed by atoms with Crippen molar-refractivity contribution in [2.24, 2.45) is 0 Å². The fourth-order valence-electron chi connectivity index (χ4n) is 11.8. The van der Waals surface area contributed by atoms with Gasteiger partial charge in [0, 0.05) is 58.3 Å². The van der Waals surface area contributed by atoms with Crippen molar-refractivity contribution < 1.29 is 197 Å². The molecule has 0 unspecified atom stereocenters. The van der Waals surface area contributed by atoms with Gasteiger partial charge >= 0.3 is 6.09 Å². The number of carbonyl (C=O) groups excluding carboxylic acids is 3. The van der Waals surface area contributed by atoms with Crippen molar-refractivity contribution in [3.05, 3.63) is 59.7 Å². The monoisotopic (exact) mass is 1800 g/mol. The molecule has 3 rings (SSSR count). The normalized spacial score (nSPS) is 16.6. The number of hydrogen-bond acceptors (Lipinski definition) is 42. The number of ether oxygens (including phenoxy) is 17. The fourth-order valence-corrected chi connectivity index (χ4v) is 11.8. The highest BCUT2D eigenvalue weighted by molar-refractivity contribution is 5.91. The Kier molecular flexibility index (Phi) is 65.7. The van der Waals surface area contributed by atoms with E-state index in [0.29, 0.717) is 106 Å². The molecule has 0 aliphatic heterocycles. The first kappa shape index (κ1) is 113. The third-order valence-electron chi connectivity index (χ3n) is 18.9. The van der Waals surface area contributed by atoms with Crippen molar-refractivity contribution in [3.63, 3.8) is 0 Å². The lowest BCUT2D eigenvalue weighted by Gasteiger charge is -2.33. The van der Waals surface area contributed by atoms with E-state index in [4.69, 9.17) is 101 Å². The molecular weight excluding hydrogens is 1660 g/mol. The number of hydrogen-bond donors (Lipinski definition) is 23. The van der Waals surface area contributed by atoms with E-state index >= 15 is 0 Å². The maximum Gasteiger partial charge on any atom is 0.407 e. The zero-order valence-electron chi connectivity index (χ0n) is 70.5. The molecule has 0 radical (unpaired) electrons. The minimum absolute atomic E-state index is 0.00197. The second-order valence-corrected chi connectivity index (χ2v) is 28.4. The number of alkyl carbamates (subject to hydrolysis) is 1. The molecule has 124 heavy (non-hydrogen) atoms. The fraction of sp³-hybridized carbons (Fsp3) is 0.810. The summed E-state index contributed by atoms with van der Waals surface area (Å²) >= 11 is 0. The standard InChI is InChI=1S/C79H141N5O40/c85-50-65(93)74(102)70(98)61(89)46-83(47-62(90)71(99)75(103)66(94)51-86)11-15-110-19-23-114-27-31-118-35-39-122-43-41-120-37-33-116-29-25-112-21-17-108-13-9-80-69(97)45-60(82-79(107)124-54-59-57-7-3-1-5-55(57)56-6-2-4-8-58(56)59)78(106)81-10-14-109-18-22-113-26-30-117-34-38-121-42-44-123-40-36-119-32-28-115-24-20-111-16-12-84(48-63(91)72(100)76(104)67(95)52-87)49-64(92)73(101)77(105)68(96)53-88/h1-8,59-68,70-77,85-96,98-105H,9-54H2,(H,80,97)(H,81,106)(H,82,107)/t60-,61-,62-,63-,64-,65+,66+,67+,68+,70+,71+,72+,73+,74+,75+,76+,77+/m0/s1. The van der Waals surface area contributed by atoms with Gasteiger partial charge in [-0.1, -0.05) is 48.5 Å². The summed E-state index contributed by atoms with van der Waals surface area (Å²) in [4.78, 5) is 42.7. The van der Waals surface area contributed by atoms with Gasteiger partial charge in [-0.2, -0.15) is 0 Å². The molecule has 0 heterocycles. The van der Waals surface area contributed by atoms with Crippen molar-refractivity contribution in [3.8, 4) is 11.1 Å². The first-order valence-corrected chi connectivity index (χ1v) is 41.6. The summed E-state index contributed by atoms with van der Waals surface area (Å²) in [7, 11) is 0. The average molecular weight is 1800 g/mol. The Hall–Kier alpha value is -4.87. The summed E-state index contributed by atoms with van der Waals surface area (Å²) < 4.78 is 94.4. The zero-order valence-corrected chi connectivity index (χ0v) is 70.5. The van der Waals surface area contributed by atoms with Crippen molar-refractivity contribution >= 4 is 17.9 Å². The Balaban J connectivity index is 1.18. The van der Waals surface area contributed by atoms with E-state index in [2.05, 4.69) is 16.0 Å². The van der Waals surface area contributed by atoms with Crippen LogP contribution in [0.5, 0.6) is 0 Å². The molecule has 17 atom stereocenters. The van der Waals surface area contributed by atoms with Crippen LogP contribution >= 0.6 is 0 Å². The predicted molar refractivity (Wildman–Crippen MR) is 433 cm³/mol. The van der Waals surface area contributed by atoms with E-state index in [1.54, 1.807) is 0 Å². The van der Waals surface area contributed by atoms with Crippen LogP contribution in [0.3, 0.4) is 0 Å². The lowest BCUT2D eigenvalue weighted by Crippen LogP contribution is -2.53. The number of carbonyl (C=O) groups is 3. The summed E-state index contributed by atoms with van der Waals surface area (Å²) in [6.45, 7) is 2.90.